The second-order valence-electron chi connectivity index (χ2n) is 5.74. The summed E-state index contributed by atoms with van der Waals surface area (Å²) in [6, 6.07) is 6.50. The Labute approximate surface area is 121 Å². The van der Waals surface area contributed by atoms with Crippen molar-refractivity contribution >= 4 is 27.8 Å². The smallest absolute Gasteiger partial charge is 0.227 e. The zero-order valence-corrected chi connectivity index (χ0v) is 11.8. The molecule has 1 aromatic carbocycles. The molecular formula is C16H16N4O. The predicted octanol–water partition coefficient (Wildman–Crippen LogP) is 2.24. The van der Waals surface area contributed by atoms with Crippen LogP contribution in [0.3, 0.4) is 0 Å². The number of carbonyl (C=O) groups excluding carboxylic acids is 1. The van der Waals surface area contributed by atoms with E-state index >= 15 is 0 Å². The zero-order chi connectivity index (χ0) is 14.4. The number of H-pyrrole nitrogens is 1. The molecule has 0 aliphatic heterocycles. The lowest BCUT2D eigenvalue weighted by Crippen LogP contribution is -2.27. The summed E-state index contributed by atoms with van der Waals surface area (Å²) in [5, 5.41) is 4.00. The van der Waals surface area contributed by atoms with Gasteiger partial charge in [0.05, 0.1) is 29.2 Å². The molecule has 2 N–H and O–H groups in total. The SMILES string of the molecule is Cc1ccc2ncc3[nH]c(CC(=O)NC4CC4)nc3c2c1. The molecule has 0 unspecified atom stereocenters. The Balaban J connectivity index is 1.72. The maximum atomic E-state index is 11.9. The van der Waals surface area contributed by atoms with Gasteiger partial charge in [0.2, 0.25) is 5.91 Å². The number of nitrogens with one attached hydrogen (secondary N) is 2. The van der Waals surface area contributed by atoms with Gasteiger partial charge in [0.1, 0.15) is 5.82 Å². The van der Waals surface area contributed by atoms with E-state index in [9.17, 15) is 4.79 Å². The summed E-state index contributed by atoms with van der Waals surface area (Å²) in [4.78, 5) is 24.1. The Hall–Kier alpha value is -2.43. The number of amides is 1. The maximum Gasteiger partial charge on any atom is 0.227 e. The molecule has 0 atom stereocenters. The fourth-order valence-corrected chi connectivity index (χ4v) is 2.56. The van der Waals surface area contributed by atoms with Crippen molar-refractivity contribution in [1.82, 2.24) is 20.3 Å². The van der Waals surface area contributed by atoms with Gasteiger partial charge < -0.3 is 10.3 Å². The normalized spacial score (nSPS) is 14.7. The van der Waals surface area contributed by atoms with Crippen molar-refractivity contribution < 1.29 is 4.79 Å². The van der Waals surface area contributed by atoms with Gasteiger partial charge in [-0.15, -0.1) is 0 Å². The molecule has 5 nitrogen and oxygen atoms in total. The van der Waals surface area contributed by atoms with Crippen LogP contribution in [0.4, 0.5) is 0 Å². The highest BCUT2D eigenvalue weighted by Gasteiger charge is 2.23. The van der Waals surface area contributed by atoms with E-state index in [1.54, 1.807) is 6.20 Å². The van der Waals surface area contributed by atoms with Crippen molar-refractivity contribution in [2.45, 2.75) is 32.2 Å². The van der Waals surface area contributed by atoms with Crippen molar-refractivity contribution in [1.29, 1.82) is 0 Å². The second kappa shape index (κ2) is 4.55. The van der Waals surface area contributed by atoms with Crippen LogP contribution in [0.5, 0.6) is 0 Å². The third-order valence-corrected chi connectivity index (χ3v) is 3.79. The number of aromatic nitrogens is 3. The lowest BCUT2D eigenvalue weighted by molar-refractivity contribution is -0.120. The van der Waals surface area contributed by atoms with E-state index in [0.29, 0.717) is 18.3 Å². The van der Waals surface area contributed by atoms with Gasteiger partial charge in [-0.1, -0.05) is 11.6 Å². The van der Waals surface area contributed by atoms with Crippen LogP contribution in [0.15, 0.2) is 24.4 Å². The lowest BCUT2D eigenvalue weighted by atomic mass is 10.1. The van der Waals surface area contributed by atoms with Crippen LogP contribution in [0.1, 0.15) is 24.2 Å². The fourth-order valence-electron chi connectivity index (χ4n) is 2.56. The van der Waals surface area contributed by atoms with Crippen LogP contribution in [0.2, 0.25) is 0 Å². The fraction of sp³-hybridized carbons (Fsp3) is 0.312. The summed E-state index contributed by atoms with van der Waals surface area (Å²) >= 11 is 0. The van der Waals surface area contributed by atoms with Crippen LogP contribution in [-0.2, 0) is 11.2 Å². The van der Waals surface area contributed by atoms with Crippen LogP contribution in [0.25, 0.3) is 21.9 Å². The van der Waals surface area contributed by atoms with Crippen molar-refractivity contribution in [3.8, 4) is 0 Å². The zero-order valence-electron chi connectivity index (χ0n) is 11.8. The molecule has 2 aromatic heterocycles. The minimum Gasteiger partial charge on any atom is -0.353 e. The van der Waals surface area contributed by atoms with Crippen molar-refractivity contribution in [3.05, 3.63) is 35.8 Å². The Bertz CT molecular complexity index is 848. The number of hydrogen-bond donors (Lipinski definition) is 2. The number of fused-ring (bicyclic) bond motifs is 3. The molecule has 1 fully saturated rings. The van der Waals surface area contributed by atoms with Gasteiger partial charge in [-0.05, 0) is 31.9 Å². The summed E-state index contributed by atoms with van der Waals surface area (Å²) in [5.74, 6) is 0.726. The van der Waals surface area contributed by atoms with E-state index in [4.69, 9.17) is 0 Å². The largest absolute Gasteiger partial charge is 0.353 e. The summed E-state index contributed by atoms with van der Waals surface area (Å²) in [6.45, 7) is 2.05. The quantitative estimate of drug-likeness (QED) is 0.773. The molecule has 0 radical (unpaired) electrons. The van der Waals surface area contributed by atoms with Gasteiger partial charge in [-0.3, -0.25) is 9.78 Å². The molecule has 21 heavy (non-hydrogen) atoms. The number of aryl methyl sites for hydroxylation is 1. The van der Waals surface area contributed by atoms with Gasteiger partial charge in [0.25, 0.3) is 0 Å². The number of benzene rings is 1. The Kier molecular flexibility index (Phi) is 2.67. The molecule has 1 aliphatic carbocycles. The predicted molar refractivity (Wildman–Crippen MR) is 81.0 cm³/mol. The number of hydrogen-bond acceptors (Lipinski definition) is 3. The third kappa shape index (κ3) is 2.35. The van der Waals surface area contributed by atoms with Crippen LogP contribution >= 0.6 is 0 Å². The molecule has 3 aromatic rings. The van der Waals surface area contributed by atoms with Crippen molar-refractivity contribution in [2.24, 2.45) is 0 Å². The first kappa shape index (κ1) is 12.3. The number of pyridine rings is 1. The van der Waals surface area contributed by atoms with E-state index in [2.05, 4.69) is 33.3 Å². The number of aromatic amines is 1. The molecule has 5 heteroatoms. The molecule has 4 rings (SSSR count). The monoisotopic (exact) mass is 280 g/mol. The van der Waals surface area contributed by atoms with E-state index < -0.39 is 0 Å². The summed E-state index contributed by atoms with van der Waals surface area (Å²) in [6.07, 6.45) is 4.26. The highest BCUT2D eigenvalue weighted by molar-refractivity contribution is 6.02. The van der Waals surface area contributed by atoms with Crippen LogP contribution in [0, 0.1) is 6.92 Å². The summed E-state index contributed by atoms with van der Waals surface area (Å²) < 4.78 is 0. The standard InChI is InChI=1S/C16H16N4O/c1-9-2-5-12-11(6-9)16-13(8-17-12)19-14(20-16)7-15(21)18-10-3-4-10/h2,5-6,8,10H,3-4,7H2,1H3,(H,18,21)(H,19,20). The van der Waals surface area contributed by atoms with Crippen LogP contribution in [-0.4, -0.2) is 26.9 Å². The average molecular weight is 280 g/mol. The Morgan fingerprint density at radius 2 is 2.29 bits per heavy atom. The van der Waals surface area contributed by atoms with Gasteiger partial charge >= 0.3 is 0 Å². The second-order valence-corrected chi connectivity index (χ2v) is 5.74. The molecule has 1 saturated carbocycles. The van der Waals surface area contributed by atoms with E-state index in [-0.39, 0.29) is 5.91 Å². The van der Waals surface area contributed by atoms with Gasteiger partial charge in [0, 0.05) is 11.4 Å². The molecule has 0 saturated heterocycles. The first-order valence-electron chi connectivity index (χ1n) is 7.22. The Morgan fingerprint density at radius 1 is 1.43 bits per heavy atom. The molecule has 1 amide bonds. The number of rotatable bonds is 3. The average Bonchev–Trinajstić information content (AvgIpc) is 3.15. The Morgan fingerprint density at radius 3 is 3.10 bits per heavy atom. The maximum absolute atomic E-state index is 11.9. The minimum atomic E-state index is 0.0324. The minimum absolute atomic E-state index is 0.0324. The summed E-state index contributed by atoms with van der Waals surface area (Å²) in [7, 11) is 0. The highest BCUT2D eigenvalue weighted by atomic mass is 16.1. The summed E-state index contributed by atoms with van der Waals surface area (Å²) in [5.41, 5.74) is 3.86. The van der Waals surface area contributed by atoms with E-state index in [0.717, 1.165) is 34.8 Å². The first-order chi connectivity index (χ1) is 10.2. The van der Waals surface area contributed by atoms with Crippen LogP contribution < -0.4 is 5.32 Å². The van der Waals surface area contributed by atoms with Gasteiger partial charge in [-0.25, -0.2) is 4.98 Å². The number of carbonyl (C=O) groups is 1. The molecule has 106 valence electrons. The highest BCUT2D eigenvalue weighted by Crippen LogP contribution is 2.23. The van der Waals surface area contributed by atoms with E-state index in [1.807, 2.05) is 12.1 Å². The van der Waals surface area contributed by atoms with Gasteiger partial charge in [-0.2, -0.15) is 0 Å². The number of imidazole rings is 1. The van der Waals surface area contributed by atoms with Crippen molar-refractivity contribution in [2.75, 3.05) is 0 Å². The molecule has 0 spiro atoms. The van der Waals surface area contributed by atoms with E-state index in [1.165, 1.54) is 5.56 Å². The number of nitrogens with zero attached hydrogens (tertiary/aromatic N) is 2. The molecule has 1 aliphatic rings. The third-order valence-electron chi connectivity index (χ3n) is 3.79. The van der Waals surface area contributed by atoms with Gasteiger partial charge in [0.15, 0.2) is 0 Å². The molecule has 0 bridgehead atoms. The molecular weight excluding hydrogens is 264 g/mol. The molecule has 2 heterocycles. The topological polar surface area (TPSA) is 70.7 Å². The first-order valence-corrected chi connectivity index (χ1v) is 7.22. The van der Waals surface area contributed by atoms with Crippen molar-refractivity contribution in [3.63, 3.8) is 0 Å². The lowest BCUT2D eigenvalue weighted by Gasteiger charge is -1.99.